The summed E-state index contributed by atoms with van der Waals surface area (Å²) in [5.74, 6) is 2.08. The lowest BCUT2D eigenvalue weighted by Gasteiger charge is -2.06. The van der Waals surface area contributed by atoms with Crippen molar-refractivity contribution >= 4 is 5.84 Å². The summed E-state index contributed by atoms with van der Waals surface area (Å²) in [6.45, 7) is 3.07. The van der Waals surface area contributed by atoms with Gasteiger partial charge in [0.25, 0.3) is 0 Å². The van der Waals surface area contributed by atoms with Gasteiger partial charge in [-0.05, 0) is 25.7 Å². The Bertz CT molecular complexity index is 147. The zero-order chi connectivity index (χ0) is 6.27. The number of hydrogen-bond donors (Lipinski definition) is 1. The van der Waals surface area contributed by atoms with E-state index < -0.39 is 0 Å². The molecule has 0 radical (unpaired) electrons. The summed E-state index contributed by atoms with van der Waals surface area (Å²) in [5, 5.41) is 3.37. The average molecular weight is 124 g/mol. The van der Waals surface area contributed by atoms with Gasteiger partial charge < -0.3 is 5.32 Å². The average Bonchev–Trinajstić information content (AvgIpc) is 2.58. The van der Waals surface area contributed by atoms with E-state index in [9.17, 15) is 0 Å². The normalized spacial score (nSPS) is 33.9. The fraction of sp³-hybridized carbons (Fsp3) is 0.857. The van der Waals surface area contributed by atoms with Gasteiger partial charge in [0.2, 0.25) is 0 Å². The van der Waals surface area contributed by atoms with Crippen molar-refractivity contribution in [2.75, 3.05) is 6.54 Å². The van der Waals surface area contributed by atoms with E-state index in [-0.39, 0.29) is 0 Å². The van der Waals surface area contributed by atoms with Crippen LogP contribution < -0.4 is 5.32 Å². The molecule has 0 aromatic rings. The molecule has 9 heavy (non-hydrogen) atoms. The van der Waals surface area contributed by atoms with Crippen LogP contribution in [-0.2, 0) is 0 Å². The number of rotatable bonds is 1. The van der Waals surface area contributed by atoms with Crippen LogP contribution in [-0.4, -0.2) is 18.4 Å². The van der Waals surface area contributed by atoms with Crippen molar-refractivity contribution < 1.29 is 0 Å². The zero-order valence-corrected chi connectivity index (χ0v) is 5.72. The monoisotopic (exact) mass is 124 g/mol. The van der Waals surface area contributed by atoms with Crippen molar-refractivity contribution in [1.29, 1.82) is 0 Å². The summed E-state index contributed by atoms with van der Waals surface area (Å²) in [4.78, 5) is 4.28. The van der Waals surface area contributed by atoms with E-state index in [1.807, 2.05) is 6.92 Å². The predicted octanol–water partition coefficient (Wildman–Crippen LogP) is 0.787. The first kappa shape index (κ1) is 5.27. The van der Waals surface area contributed by atoms with Crippen LogP contribution in [0.15, 0.2) is 4.99 Å². The van der Waals surface area contributed by atoms with Crippen molar-refractivity contribution in [2.45, 2.75) is 25.8 Å². The fourth-order valence-corrected chi connectivity index (χ4v) is 1.36. The SMILES string of the molecule is CC1=NCC(C2CC2)N1. The summed E-state index contributed by atoms with van der Waals surface area (Å²) < 4.78 is 0. The first-order valence-corrected chi connectivity index (χ1v) is 3.64. The van der Waals surface area contributed by atoms with Gasteiger partial charge in [0.15, 0.2) is 0 Å². The highest BCUT2D eigenvalue weighted by atomic mass is 15.1. The van der Waals surface area contributed by atoms with Gasteiger partial charge in [0.1, 0.15) is 0 Å². The molecule has 1 atom stereocenters. The number of nitrogens with zero attached hydrogens (tertiary/aromatic N) is 1. The third kappa shape index (κ3) is 0.934. The molecule has 2 rings (SSSR count). The van der Waals surface area contributed by atoms with E-state index in [0.29, 0.717) is 6.04 Å². The van der Waals surface area contributed by atoms with Gasteiger partial charge in [0, 0.05) is 6.04 Å². The van der Waals surface area contributed by atoms with E-state index in [2.05, 4.69) is 10.3 Å². The molecule has 0 aromatic carbocycles. The van der Waals surface area contributed by atoms with Gasteiger partial charge in [-0.2, -0.15) is 0 Å². The Kier molecular flexibility index (Phi) is 1.01. The van der Waals surface area contributed by atoms with Crippen molar-refractivity contribution in [3.63, 3.8) is 0 Å². The molecule has 50 valence electrons. The smallest absolute Gasteiger partial charge is 0.0935 e. The molecule has 1 N–H and O–H groups in total. The molecule has 1 aliphatic heterocycles. The van der Waals surface area contributed by atoms with Gasteiger partial charge >= 0.3 is 0 Å². The van der Waals surface area contributed by atoms with E-state index >= 15 is 0 Å². The van der Waals surface area contributed by atoms with Crippen LogP contribution in [0.4, 0.5) is 0 Å². The maximum atomic E-state index is 4.28. The number of hydrogen-bond acceptors (Lipinski definition) is 2. The summed E-state index contributed by atoms with van der Waals surface area (Å²) in [6, 6.07) is 0.699. The van der Waals surface area contributed by atoms with Gasteiger partial charge in [-0.15, -0.1) is 0 Å². The van der Waals surface area contributed by atoms with E-state index in [0.717, 1.165) is 18.3 Å². The Balaban J connectivity index is 1.91. The minimum Gasteiger partial charge on any atom is -0.369 e. The summed E-state index contributed by atoms with van der Waals surface area (Å²) in [6.07, 6.45) is 2.83. The van der Waals surface area contributed by atoms with Crippen LogP contribution in [0.25, 0.3) is 0 Å². The number of nitrogens with one attached hydrogen (secondary N) is 1. The molecule has 1 unspecified atom stereocenters. The van der Waals surface area contributed by atoms with Gasteiger partial charge in [-0.3, -0.25) is 4.99 Å². The maximum absolute atomic E-state index is 4.28. The highest BCUT2D eigenvalue weighted by Crippen LogP contribution is 2.33. The molecule has 1 aliphatic carbocycles. The molecule has 2 heteroatoms. The second-order valence-electron chi connectivity index (χ2n) is 3.01. The molecular formula is C7H12N2. The largest absolute Gasteiger partial charge is 0.369 e. The van der Waals surface area contributed by atoms with Gasteiger partial charge in [-0.25, -0.2) is 0 Å². The van der Waals surface area contributed by atoms with E-state index in [1.54, 1.807) is 0 Å². The van der Waals surface area contributed by atoms with Gasteiger partial charge in [-0.1, -0.05) is 0 Å². The van der Waals surface area contributed by atoms with Crippen LogP contribution in [0.5, 0.6) is 0 Å². The fourth-order valence-electron chi connectivity index (χ4n) is 1.36. The van der Waals surface area contributed by atoms with Crippen LogP contribution >= 0.6 is 0 Å². The molecule has 1 saturated carbocycles. The molecule has 2 nitrogen and oxygen atoms in total. The molecule has 2 aliphatic rings. The Morgan fingerprint density at radius 3 is 2.78 bits per heavy atom. The Morgan fingerprint density at radius 2 is 2.33 bits per heavy atom. The first-order chi connectivity index (χ1) is 4.36. The van der Waals surface area contributed by atoms with Crippen LogP contribution in [0.1, 0.15) is 19.8 Å². The molecule has 0 amide bonds. The number of amidine groups is 1. The van der Waals surface area contributed by atoms with Gasteiger partial charge in [0.05, 0.1) is 12.4 Å². The summed E-state index contributed by atoms with van der Waals surface area (Å²) in [7, 11) is 0. The quantitative estimate of drug-likeness (QED) is 0.549. The minimum atomic E-state index is 0.699. The molecular weight excluding hydrogens is 112 g/mol. The Labute approximate surface area is 55.4 Å². The molecule has 0 saturated heterocycles. The van der Waals surface area contributed by atoms with Crippen LogP contribution in [0.2, 0.25) is 0 Å². The molecule has 0 aromatic heterocycles. The standard InChI is InChI=1S/C7H12N2/c1-5-8-4-7(9-5)6-2-3-6/h6-7H,2-4H2,1H3,(H,8,9). The third-order valence-corrected chi connectivity index (χ3v) is 2.11. The molecule has 1 fully saturated rings. The van der Waals surface area contributed by atoms with Crippen LogP contribution in [0.3, 0.4) is 0 Å². The van der Waals surface area contributed by atoms with Crippen molar-refractivity contribution in [3.8, 4) is 0 Å². The lowest BCUT2D eigenvalue weighted by atomic mass is 10.2. The van der Waals surface area contributed by atoms with E-state index in [1.165, 1.54) is 12.8 Å². The van der Waals surface area contributed by atoms with Crippen LogP contribution in [0, 0.1) is 5.92 Å². The maximum Gasteiger partial charge on any atom is 0.0935 e. The molecule has 0 bridgehead atoms. The number of aliphatic imine (C=N–C) groups is 1. The molecule has 0 spiro atoms. The highest BCUT2D eigenvalue weighted by Gasteiger charge is 2.32. The lowest BCUT2D eigenvalue weighted by Crippen LogP contribution is -2.30. The first-order valence-electron chi connectivity index (χ1n) is 3.64. The minimum absolute atomic E-state index is 0.699. The molecule has 1 heterocycles. The zero-order valence-electron chi connectivity index (χ0n) is 5.72. The summed E-state index contributed by atoms with van der Waals surface area (Å²) in [5.41, 5.74) is 0. The van der Waals surface area contributed by atoms with Crippen molar-refractivity contribution in [1.82, 2.24) is 5.32 Å². The Morgan fingerprint density at radius 1 is 1.56 bits per heavy atom. The third-order valence-electron chi connectivity index (χ3n) is 2.11. The van der Waals surface area contributed by atoms with Crippen molar-refractivity contribution in [3.05, 3.63) is 0 Å². The lowest BCUT2D eigenvalue weighted by molar-refractivity contribution is 0.582. The predicted molar refractivity (Wildman–Crippen MR) is 37.6 cm³/mol. The second-order valence-corrected chi connectivity index (χ2v) is 3.01. The topological polar surface area (TPSA) is 24.4 Å². The van der Waals surface area contributed by atoms with Crippen molar-refractivity contribution in [2.24, 2.45) is 10.9 Å². The van der Waals surface area contributed by atoms with E-state index in [4.69, 9.17) is 0 Å². The second kappa shape index (κ2) is 1.72. The summed E-state index contributed by atoms with van der Waals surface area (Å²) >= 11 is 0. The Hall–Kier alpha value is -0.530. The highest BCUT2D eigenvalue weighted by molar-refractivity contribution is 5.81.